The average molecular weight is 529 g/mol. The number of rotatable bonds is 2. The van der Waals surface area contributed by atoms with Gasteiger partial charge >= 0.3 is 202 Å². The van der Waals surface area contributed by atoms with Crippen LogP contribution < -0.4 is 24.8 Å². The maximum atomic E-state index is 2.54. The first-order valence-corrected chi connectivity index (χ1v) is 15.0. The van der Waals surface area contributed by atoms with Crippen LogP contribution in [0.5, 0.6) is 0 Å². The molecule has 1 fully saturated rings. The van der Waals surface area contributed by atoms with Crippen molar-refractivity contribution in [1.29, 1.82) is 0 Å². The molecule has 0 aliphatic heterocycles. The second-order valence-electron chi connectivity index (χ2n) is 12.1. The number of allylic oxidation sites excluding steroid dienone is 4. The maximum Gasteiger partial charge on any atom is -1.00 e. The van der Waals surface area contributed by atoms with Gasteiger partial charge in [-0.2, -0.15) is 0 Å². The fourth-order valence-corrected chi connectivity index (χ4v) is 11.9. The molecule has 0 saturated heterocycles. The Hall–Kier alpha value is -0.916. The fraction of sp³-hybridized carbons (Fsp3) is 0.452. The van der Waals surface area contributed by atoms with Gasteiger partial charge in [0, 0.05) is 0 Å². The monoisotopic (exact) mass is 528 g/mol. The van der Waals surface area contributed by atoms with Gasteiger partial charge in [0.05, 0.1) is 0 Å². The van der Waals surface area contributed by atoms with Crippen molar-refractivity contribution in [2.45, 2.75) is 88.7 Å². The van der Waals surface area contributed by atoms with Gasteiger partial charge < -0.3 is 24.8 Å². The summed E-state index contributed by atoms with van der Waals surface area (Å²) in [6.07, 6.45) is 14.0. The quantitative estimate of drug-likeness (QED) is 0.525. The van der Waals surface area contributed by atoms with E-state index in [1.54, 1.807) is 15.0 Å². The topological polar surface area (TPSA) is 0 Å². The molecule has 5 rings (SSSR count). The smallest absolute Gasteiger partial charge is 1.00 e. The zero-order valence-electron chi connectivity index (χ0n) is 21.6. The van der Waals surface area contributed by atoms with Crippen molar-refractivity contribution in [3.8, 4) is 11.1 Å². The molecule has 0 amide bonds. The Kier molecular flexibility index (Phi) is 8.31. The molecule has 0 nitrogen and oxygen atoms in total. The molecule has 0 spiro atoms. The van der Waals surface area contributed by atoms with Crippen molar-refractivity contribution in [3.05, 3.63) is 80.8 Å². The van der Waals surface area contributed by atoms with E-state index in [4.69, 9.17) is 0 Å². The molecular weight excluding hydrogens is 491 g/mol. The van der Waals surface area contributed by atoms with Crippen LogP contribution >= 0.6 is 0 Å². The molecule has 2 aromatic carbocycles. The molecule has 180 valence electrons. The van der Waals surface area contributed by atoms with E-state index in [0.717, 1.165) is 0 Å². The van der Waals surface area contributed by atoms with E-state index in [2.05, 4.69) is 96.2 Å². The molecule has 3 aliphatic rings. The zero-order chi connectivity index (χ0) is 22.7. The molecule has 0 aromatic heterocycles. The SMILES string of the molecule is CC(C)(C)c1ccc2c(c1)-c1cc(C(C)(C)C)ccc1[CH]2[Ti+2]([C]1=CC=CC1)=[C]1CCCC1.[Cl-].[Cl-]. The largest absolute Gasteiger partial charge is 1.00 e. The van der Waals surface area contributed by atoms with E-state index in [1.165, 1.54) is 54.4 Å². The number of hydrogen-bond donors (Lipinski definition) is 0. The Morgan fingerprint density at radius 3 is 1.65 bits per heavy atom. The fourth-order valence-electron chi connectivity index (χ4n) is 5.83. The zero-order valence-corrected chi connectivity index (χ0v) is 24.6. The number of benzene rings is 2. The third kappa shape index (κ3) is 4.99. The first-order chi connectivity index (χ1) is 15.1. The summed E-state index contributed by atoms with van der Waals surface area (Å²) in [6.45, 7) is 14.1. The van der Waals surface area contributed by atoms with E-state index in [-0.39, 0.29) is 35.6 Å². The summed E-state index contributed by atoms with van der Waals surface area (Å²) in [4.78, 5) is 0. The van der Waals surface area contributed by atoms with Gasteiger partial charge in [-0.05, 0) is 0 Å². The molecule has 3 heteroatoms. The van der Waals surface area contributed by atoms with Crippen LogP contribution in [-0.2, 0) is 28.2 Å². The van der Waals surface area contributed by atoms with Crippen LogP contribution in [0.2, 0.25) is 0 Å². The molecule has 1 saturated carbocycles. The molecule has 0 atom stereocenters. The minimum absolute atomic E-state index is 0. The Morgan fingerprint density at radius 1 is 0.735 bits per heavy atom. The average Bonchev–Trinajstić information content (AvgIpc) is 3.48. The van der Waals surface area contributed by atoms with Gasteiger partial charge in [0.25, 0.3) is 0 Å². The Balaban J connectivity index is 0.00000162. The van der Waals surface area contributed by atoms with Crippen LogP contribution in [0.3, 0.4) is 0 Å². The summed E-state index contributed by atoms with van der Waals surface area (Å²) in [5.41, 5.74) is 9.57. The predicted molar refractivity (Wildman–Crippen MR) is 136 cm³/mol. The summed E-state index contributed by atoms with van der Waals surface area (Å²) < 4.78 is 4.39. The van der Waals surface area contributed by atoms with Crippen LogP contribution in [0, 0.1) is 0 Å². The van der Waals surface area contributed by atoms with E-state index in [9.17, 15) is 0 Å². The van der Waals surface area contributed by atoms with Crippen molar-refractivity contribution in [2.75, 3.05) is 0 Å². The van der Waals surface area contributed by atoms with Gasteiger partial charge in [0.1, 0.15) is 0 Å². The van der Waals surface area contributed by atoms with Gasteiger partial charge in [-0.25, -0.2) is 0 Å². The molecule has 0 unspecified atom stereocenters. The van der Waals surface area contributed by atoms with Crippen molar-refractivity contribution >= 4 is 3.81 Å². The van der Waals surface area contributed by atoms with Crippen molar-refractivity contribution in [1.82, 2.24) is 0 Å². The standard InChI is InChI=1S/C21H25.C5H8.C5H5.2ClH.Ti/c1-20(2,3)16-9-7-14-11-15-8-10-17(21(4,5)6)13-19(15)18(14)12-16;2*1-2-4-5-3-1;;;/h7-13H,1-6H3;1-4H2;1-3H,4H2;2*1H;/q;;;;;+2/p-2. The van der Waals surface area contributed by atoms with E-state index in [0.29, 0.717) is 4.22 Å². The van der Waals surface area contributed by atoms with Crippen LogP contribution in [-0.4, -0.2) is 3.81 Å². The van der Waals surface area contributed by atoms with Crippen LogP contribution in [0.4, 0.5) is 0 Å². The third-order valence-corrected chi connectivity index (χ3v) is 13.2. The molecule has 0 bridgehead atoms. The molecule has 0 heterocycles. The first kappa shape index (κ1) is 27.7. The Labute approximate surface area is 225 Å². The Morgan fingerprint density at radius 2 is 1.24 bits per heavy atom. The van der Waals surface area contributed by atoms with Crippen LogP contribution in [0.1, 0.15) is 100 Å². The third-order valence-electron chi connectivity index (χ3n) is 7.74. The molecule has 0 N–H and O–H groups in total. The van der Waals surface area contributed by atoms with E-state index in [1.807, 2.05) is 3.81 Å². The maximum absolute atomic E-state index is 2.54. The number of hydrogen-bond acceptors (Lipinski definition) is 0. The number of fused-ring (bicyclic) bond motifs is 3. The molecule has 0 radical (unpaired) electrons. The summed E-state index contributed by atoms with van der Waals surface area (Å²) >= 11 is -1.63. The first-order valence-electron chi connectivity index (χ1n) is 12.5. The van der Waals surface area contributed by atoms with Gasteiger partial charge in [-0.15, -0.1) is 0 Å². The minimum Gasteiger partial charge on any atom is -1.00 e. The van der Waals surface area contributed by atoms with Crippen molar-refractivity contribution < 1.29 is 42.2 Å². The second-order valence-corrected chi connectivity index (χ2v) is 16.4. The van der Waals surface area contributed by atoms with Gasteiger partial charge in [0.15, 0.2) is 0 Å². The summed E-state index contributed by atoms with van der Waals surface area (Å²) in [5, 5.41) is 0. The normalized spacial score (nSPS) is 16.9. The summed E-state index contributed by atoms with van der Waals surface area (Å²) in [7, 11) is 0. The van der Waals surface area contributed by atoms with Gasteiger partial charge in [-0.1, -0.05) is 0 Å². The summed E-state index contributed by atoms with van der Waals surface area (Å²) in [5.74, 6) is 0. The van der Waals surface area contributed by atoms with E-state index < -0.39 is 17.4 Å². The summed E-state index contributed by atoms with van der Waals surface area (Å²) in [6, 6.07) is 15.0. The minimum atomic E-state index is -1.63. The Bertz CT molecular complexity index is 1100. The predicted octanol–water partition coefficient (Wildman–Crippen LogP) is 2.57. The molecular formula is C31H38Cl2Ti. The van der Waals surface area contributed by atoms with Crippen LogP contribution in [0.15, 0.2) is 58.5 Å². The molecule has 3 aliphatic carbocycles. The van der Waals surface area contributed by atoms with Crippen LogP contribution in [0.25, 0.3) is 11.1 Å². The molecule has 34 heavy (non-hydrogen) atoms. The van der Waals surface area contributed by atoms with Crippen molar-refractivity contribution in [2.24, 2.45) is 0 Å². The van der Waals surface area contributed by atoms with Gasteiger partial charge in [0.2, 0.25) is 0 Å². The number of halogens is 2. The second kappa shape index (κ2) is 10.2. The van der Waals surface area contributed by atoms with Crippen molar-refractivity contribution in [3.63, 3.8) is 0 Å². The van der Waals surface area contributed by atoms with Gasteiger partial charge in [-0.3, -0.25) is 0 Å². The molecule has 2 aromatic rings. The van der Waals surface area contributed by atoms with E-state index >= 15 is 0 Å².